The van der Waals surface area contributed by atoms with Gasteiger partial charge in [0.15, 0.2) is 17.5 Å². The van der Waals surface area contributed by atoms with Gasteiger partial charge in [-0.2, -0.15) is 0 Å². The maximum absolute atomic E-state index is 6.20. The van der Waals surface area contributed by atoms with Gasteiger partial charge in [-0.15, -0.1) is 0 Å². The van der Waals surface area contributed by atoms with Crippen LogP contribution in [0.15, 0.2) is 168 Å². The molecule has 0 saturated heterocycles. The van der Waals surface area contributed by atoms with Crippen molar-refractivity contribution >= 4 is 54.3 Å². The highest BCUT2D eigenvalue weighted by Crippen LogP contribution is 2.37. The number of hydrogen-bond acceptors (Lipinski definition) is 4. The van der Waals surface area contributed by atoms with Crippen molar-refractivity contribution in [1.82, 2.24) is 15.0 Å². The van der Waals surface area contributed by atoms with Crippen molar-refractivity contribution in [3.63, 3.8) is 0 Å². The molecule has 0 aliphatic carbocycles. The summed E-state index contributed by atoms with van der Waals surface area (Å²) in [5.74, 6) is 1.86. The van der Waals surface area contributed by atoms with Gasteiger partial charge in [-0.1, -0.05) is 146 Å². The van der Waals surface area contributed by atoms with Crippen molar-refractivity contribution in [2.45, 2.75) is 0 Å². The first-order valence-electron chi connectivity index (χ1n) is 16.4. The zero-order chi connectivity index (χ0) is 32.3. The van der Waals surface area contributed by atoms with Gasteiger partial charge in [0.1, 0.15) is 11.2 Å². The van der Waals surface area contributed by atoms with Gasteiger partial charge in [-0.3, -0.25) is 0 Å². The van der Waals surface area contributed by atoms with Gasteiger partial charge in [0.05, 0.1) is 0 Å². The maximum Gasteiger partial charge on any atom is 0.164 e. The molecule has 0 amide bonds. The van der Waals surface area contributed by atoms with E-state index in [1.165, 1.54) is 37.9 Å². The summed E-state index contributed by atoms with van der Waals surface area (Å²) in [6.45, 7) is 0. The molecule has 10 rings (SSSR count). The molecule has 4 nitrogen and oxygen atoms in total. The van der Waals surface area contributed by atoms with Gasteiger partial charge >= 0.3 is 0 Å². The number of hydrogen-bond donors (Lipinski definition) is 0. The highest BCUT2D eigenvalue weighted by Gasteiger charge is 2.18. The Morgan fingerprint density at radius 2 is 0.918 bits per heavy atom. The lowest BCUT2D eigenvalue weighted by Gasteiger charge is -2.11. The Balaban J connectivity index is 1.08. The molecular formula is C45H27N3O. The first kappa shape index (κ1) is 27.5. The molecule has 10 aromatic rings. The number of furan rings is 1. The molecule has 228 valence electrons. The monoisotopic (exact) mass is 625 g/mol. The van der Waals surface area contributed by atoms with Crippen molar-refractivity contribution in [2.24, 2.45) is 0 Å². The van der Waals surface area contributed by atoms with E-state index >= 15 is 0 Å². The summed E-state index contributed by atoms with van der Waals surface area (Å²) in [5.41, 5.74) is 6.72. The second-order valence-electron chi connectivity index (χ2n) is 12.4. The molecular weight excluding hydrogens is 599 g/mol. The topological polar surface area (TPSA) is 51.8 Å². The molecule has 8 aromatic carbocycles. The van der Waals surface area contributed by atoms with Crippen LogP contribution in [0.2, 0.25) is 0 Å². The SMILES string of the molecule is c1ccc(-c2nc(-c3ccc(-c4ccc5c(ccc6ccc7ccccc7c65)c4)cc3)nc(-c3cccc4oc5ccccc5c34)n2)cc1. The lowest BCUT2D eigenvalue weighted by Crippen LogP contribution is -2.00. The van der Waals surface area contributed by atoms with E-state index in [0.717, 1.165) is 44.2 Å². The number of nitrogens with zero attached hydrogens (tertiary/aromatic N) is 3. The van der Waals surface area contributed by atoms with Crippen LogP contribution in [0.3, 0.4) is 0 Å². The van der Waals surface area contributed by atoms with E-state index in [9.17, 15) is 0 Å². The van der Waals surface area contributed by atoms with Crippen LogP contribution in [0.4, 0.5) is 0 Å². The molecule has 4 heteroatoms. The summed E-state index contributed by atoms with van der Waals surface area (Å²) in [6.07, 6.45) is 0. The number of aromatic nitrogens is 3. The zero-order valence-electron chi connectivity index (χ0n) is 26.3. The number of benzene rings is 8. The van der Waals surface area contributed by atoms with E-state index in [4.69, 9.17) is 19.4 Å². The van der Waals surface area contributed by atoms with Gasteiger partial charge in [-0.25, -0.2) is 15.0 Å². The Bertz CT molecular complexity index is 2870. The Hall–Kier alpha value is -6.65. The predicted molar refractivity (Wildman–Crippen MR) is 201 cm³/mol. The Labute approximate surface area is 282 Å². The second kappa shape index (κ2) is 11.0. The number of rotatable bonds is 4. The van der Waals surface area contributed by atoms with Crippen molar-refractivity contribution in [2.75, 3.05) is 0 Å². The van der Waals surface area contributed by atoms with E-state index < -0.39 is 0 Å². The van der Waals surface area contributed by atoms with Crippen LogP contribution in [0, 0.1) is 0 Å². The van der Waals surface area contributed by atoms with Crippen LogP contribution >= 0.6 is 0 Å². The van der Waals surface area contributed by atoms with E-state index in [0.29, 0.717) is 17.5 Å². The summed E-state index contributed by atoms with van der Waals surface area (Å²) < 4.78 is 6.20. The first-order chi connectivity index (χ1) is 24.3. The van der Waals surface area contributed by atoms with Gasteiger partial charge in [0.2, 0.25) is 0 Å². The van der Waals surface area contributed by atoms with Crippen LogP contribution in [0.5, 0.6) is 0 Å². The van der Waals surface area contributed by atoms with Gasteiger partial charge in [0.25, 0.3) is 0 Å². The fourth-order valence-electron chi connectivity index (χ4n) is 7.13. The van der Waals surface area contributed by atoms with Crippen molar-refractivity contribution in [1.29, 1.82) is 0 Å². The largest absolute Gasteiger partial charge is 0.456 e. The molecule has 0 bridgehead atoms. The number of fused-ring (bicyclic) bond motifs is 8. The fraction of sp³-hybridized carbons (Fsp3) is 0. The highest BCUT2D eigenvalue weighted by atomic mass is 16.3. The molecule has 0 N–H and O–H groups in total. The number of para-hydroxylation sites is 1. The van der Waals surface area contributed by atoms with Crippen molar-refractivity contribution < 1.29 is 4.42 Å². The molecule has 0 atom stereocenters. The lowest BCUT2D eigenvalue weighted by atomic mass is 9.94. The predicted octanol–water partition coefficient (Wildman–Crippen LogP) is 11.9. The van der Waals surface area contributed by atoms with Crippen LogP contribution in [0.1, 0.15) is 0 Å². The quantitative estimate of drug-likeness (QED) is 0.183. The van der Waals surface area contributed by atoms with E-state index in [1.54, 1.807) is 0 Å². The molecule has 2 heterocycles. The third kappa shape index (κ3) is 4.57. The minimum atomic E-state index is 0.611. The summed E-state index contributed by atoms with van der Waals surface area (Å²) >= 11 is 0. The third-order valence-corrected chi connectivity index (χ3v) is 9.51. The smallest absolute Gasteiger partial charge is 0.164 e. The van der Waals surface area contributed by atoms with Crippen LogP contribution in [0.25, 0.3) is 99.5 Å². The normalized spacial score (nSPS) is 11.7. The minimum absolute atomic E-state index is 0.611. The Kier molecular flexibility index (Phi) is 6.15. The summed E-state index contributed by atoms with van der Waals surface area (Å²) in [7, 11) is 0. The molecule has 0 unspecified atom stereocenters. The molecule has 0 aliphatic heterocycles. The van der Waals surface area contributed by atoms with Gasteiger partial charge in [-0.05, 0) is 61.6 Å². The summed E-state index contributed by atoms with van der Waals surface area (Å²) in [6, 6.07) is 57.0. The zero-order valence-corrected chi connectivity index (χ0v) is 26.3. The first-order valence-corrected chi connectivity index (χ1v) is 16.4. The van der Waals surface area contributed by atoms with E-state index in [1.807, 2.05) is 60.7 Å². The fourth-order valence-corrected chi connectivity index (χ4v) is 7.13. The molecule has 0 saturated carbocycles. The molecule has 2 aromatic heterocycles. The molecule has 0 radical (unpaired) electrons. The minimum Gasteiger partial charge on any atom is -0.456 e. The summed E-state index contributed by atoms with van der Waals surface area (Å²) in [4.78, 5) is 15.1. The Morgan fingerprint density at radius 1 is 0.327 bits per heavy atom. The van der Waals surface area contributed by atoms with Gasteiger partial charge < -0.3 is 4.42 Å². The Morgan fingerprint density at radius 3 is 1.76 bits per heavy atom. The molecule has 0 aliphatic rings. The van der Waals surface area contributed by atoms with Crippen LogP contribution < -0.4 is 0 Å². The average Bonchev–Trinajstić information content (AvgIpc) is 3.57. The molecule has 0 spiro atoms. The summed E-state index contributed by atoms with van der Waals surface area (Å²) in [5, 5.41) is 9.63. The van der Waals surface area contributed by atoms with Crippen molar-refractivity contribution in [3.8, 4) is 45.3 Å². The second-order valence-corrected chi connectivity index (χ2v) is 12.4. The van der Waals surface area contributed by atoms with Crippen LogP contribution in [-0.2, 0) is 0 Å². The van der Waals surface area contributed by atoms with Crippen molar-refractivity contribution in [3.05, 3.63) is 164 Å². The maximum atomic E-state index is 6.20. The molecule has 49 heavy (non-hydrogen) atoms. The van der Waals surface area contributed by atoms with E-state index in [-0.39, 0.29) is 0 Å². The van der Waals surface area contributed by atoms with Gasteiger partial charge in [0, 0.05) is 27.5 Å². The lowest BCUT2D eigenvalue weighted by molar-refractivity contribution is 0.669. The van der Waals surface area contributed by atoms with E-state index in [2.05, 4.69) is 103 Å². The standard InChI is InChI=1S/C45H27N3O/c1-2-10-31(11-3-1)43-46-44(48-45(47-43)38-14-8-16-40-42(38)37-13-6-7-15-39(37)49-40)32-22-17-28(18-23-32)33-25-26-36-34(27-33)24-21-30-20-19-29-9-4-5-12-35(29)41(30)36/h1-27H. The van der Waals surface area contributed by atoms with Crippen LogP contribution in [-0.4, -0.2) is 15.0 Å². The third-order valence-electron chi connectivity index (χ3n) is 9.51. The molecule has 0 fully saturated rings. The average molecular weight is 626 g/mol. The highest BCUT2D eigenvalue weighted by molar-refractivity contribution is 6.20.